The Balaban J connectivity index is 2.11. The van der Waals surface area contributed by atoms with Gasteiger partial charge in [-0.15, -0.1) is 11.3 Å². The zero-order valence-corrected chi connectivity index (χ0v) is 14.0. The Morgan fingerprint density at radius 3 is 2.73 bits per heavy atom. The summed E-state index contributed by atoms with van der Waals surface area (Å²) < 4.78 is 5.12. The molecule has 4 N–H and O–H groups in total. The van der Waals surface area contributed by atoms with Crippen molar-refractivity contribution in [1.82, 2.24) is 10.3 Å². The number of rotatable bonds is 7. The fourth-order valence-corrected chi connectivity index (χ4v) is 2.14. The topological polar surface area (TPSA) is 106 Å². The molecule has 2 amide bonds. The zero-order chi connectivity index (χ0) is 16.6. The van der Waals surface area contributed by atoms with E-state index in [1.54, 1.807) is 11.6 Å². The van der Waals surface area contributed by atoms with Gasteiger partial charge < -0.3 is 21.1 Å². The first-order valence-electron chi connectivity index (χ1n) is 7.21. The van der Waals surface area contributed by atoms with Crippen molar-refractivity contribution in [3.63, 3.8) is 0 Å². The Labute approximate surface area is 134 Å². The van der Waals surface area contributed by atoms with E-state index in [0.29, 0.717) is 18.1 Å². The number of alkyl carbamates (subject to hydrolysis) is 1. The normalized spacial score (nSPS) is 12.5. The van der Waals surface area contributed by atoms with Crippen molar-refractivity contribution in [2.24, 2.45) is 5.73 Å². The van der Waals surface area contributed by atoms with Gasteiger partial charge in [-0.25, -0.2) is 9.78 Å². The highest BCUT2D eigenvalue weighted by Gasteiger charge is 2.16. The van der Waals surface area contributed by atoms with Crippen molar-refractivity contribution in [3.8, 4) is 0 Å². The summed E-state index contributed by atoms with van der Waals surface area (Å²) in [6.45, 7) is 5.93. The number of thiazole rings is 1. The molecule has 0 radical (unpaired) electrons. The number of amides is 2. The lowest BCUT2D eigenvalue weighted by molar-refractivity contribution is -0.117. The average Bonchev–Trinajstić information content (AvgIpc) is 2.88. The van der Waals surface area contributed by atoms with Gasteiger partial charge >= 0.3 is 6.09 Å². The summed E-state index contributed by atoms with van der Waals surface area (Å²) in [5.74, 6) is -0.241. The molecule has 0 fully saturated rings. The molecule has 1 heterocycles. The molecule has 1 aromatic rings. The second-order valence-electron chi connectivity index (χ2n) is 5.86. The van der Waals surface area contributed by atoms with E-state index in [0.717, 1.165) is 12.8 Å². The third-order valence-corrected chi connectivity index (χ3v) is 3.30. The van der Waals surface area contributed by atoms with Crippen LogP contribution in [-0.4, -0.2) is 35.2 Å². The van der Waals surface area contributed by atoms with Crippen LogP contribution in [0.15, 0.2) is 11.6 Å². The van der Waals surface area contributed by atoms with Gasteiger partial charge in [0.05, 0.1) is 6.04 Å². The van der Waals surface area contributed by atoms with Gasteiger partial charge in [0.2, 0.25) is 5.91 Å². The van der Waals surface area contributed by atoms with Crippen molar-refractivity contribution in [1.29, 1.82) is 0 Å². The van der Waals surface area contributed by atoms with Crippen LogP contribution in [0.1, 0.15) is 40.0 Å². The number of anilines is 1. The predicted molar refractivity (Wildman–Crippen MR) is 86.8 cm³/mol. The number of hydrogen-bond acceptors (Lipinski definition) is 6. The van der Waals surface area contributed by atoms with Crippen molar-refractivity contribution in [2.75, 3.05) is 11.9 Å². The number of nitrogens with one attached hydrogen (secondary N) is 2. The maximum atomic E-state index is 11.8. The predicted octanol–water partition coefficient (Wildman–Crippen LogP) is 2.10. The quantitative estimate of drug-likeness (QED) is 0.665. The fourth-order valence-electron chi connectivity index (χ4n) is 1.61. The first-order valence-corrected chi connectivity index (χ1v) is 8.08. The first kappa shape index (κ1) is 18.4. The van der Waals surface area contributed by atoms with Gasteiger partial charge in [-0.05, 0) is 40.0 Å². The third kappa shape index (κ3) is 7.94. The number of ether oxygens (including phenoxy) is 1. The van der Waals surface area contributed by atoms with E-state index in [1.165, 1.54) is 11.3 Å². The molecule has 0 aromatic carbocycles. The molecule has 0 bridgehead atoms. The second kappa shape index (κ2) is 8.70. The van der Waals surface area contributed by atoms with Crippen molar-refractivity contribution >= 4 is 28.5 Å². The van der Waals surface area contributed by atoms with E-state index in [-0.39, 0.29) is 5.91 Å². The van der Waals surface area contributed by atoms with Crippen LogP contribution in [0.4, 0.5) is 9.93 Å². The Kier molecular flexibility index (Phi) is 7.26. The summed E-state index contributed by atoms with van der Waals surface area (Å²) in [4.78, 5) is 27.2. The van der Waals surface area contributed by atoms with E-state index in [9.17, 15) is 9.59 Å². The van der Waals surface area contributed by atoms with E-state index in [2.05, 4.69) is 15.6 Å². The smallest absolute Gasteiger partial charge is 0.407 e. The van der Waals surface area contributed by atoms with E-state index >= 15 is 0 Å². The molecule has 0 aliphatic heterocycles. The minimum Gasteiger partial charge on any atom is -0.444 e. The molecule has 1 aromatic heterocycles. The van der Waals surface area contributed by atoms with E-state index in [1.807, 2.05) is 20.8 Å². The monoisotopic (exact) mass is 328 g/mol. The molecule has 0 aliphatic rings. The number of carbonyl (C=O) groups is 2. The standard InChI is InChI=1S/C14H24N4O3S/c1-14(2,3)21-13(20)17-7-5-4-6-10(15)11(19)18-12-16-8-9-22-12/h8-10H,4-7,15H2,1-3H3,(H,17,20)(H,16,18,19)/t10-/m0/s1. The van der Waals surface area contributed by atoms with Gasteiger partial charge in [0.25, 0.3) is 0 Å². The molecule has 1 rings (SSSR count). The zero-order valence-electron chi connectivity index (χ0n) is 13.2. The van der Waals surface area contributed by atoms with Crippen LogP contribution in [0.3, 0.4) is 0 Å². The molecular weight excluding hydrogens is 304 g/mol. The van der Waals surface area contributed by atoms with Gasteiger partial charge in [0.1, 0.15) is 5.60 Å². The lowest BCUT2D eigenvalue weighted by Gasteiger charge is -2.19. The minimum atomic E-state index is -0.578. The second-order valence-corrected chi connectivity index (χ2v) is 6.75. The highest BCUT2D eigenvalue weighted by atomic mass is 32.1. The number of nitrogens with two attached hydrogens (primary N) is 1. The van der Waals surface area contributed by atoms with Gasteiger partial charge in [-0.2, -0.15) is 0 Å². The molecule has 0 saturated heterocycles. The maximum Gasteiger partial charge on any atom is 0.407 e. The number of unbranched alkanes of at least 4 members (excludes halogenated alkanes) is 1. The minimum absolute atomic E-state index is 0.241. The van der Waals surface area contributed by atoms with Crippen LogP contribution in [-0.2, 0) is 9.53 Å². The van der Waals surface area contributed by atoms with Crippen LogP contribution in [0, 0.1) is 0 Å². The molecule has 0 aliphatic carbocycles. The molecule has 0 unspecified atom stereocenters. The Hall–Kier alpha value is -1.67. The van der Waals surface area contributed by atoms with Crippen molar-refractivity contribution in [3.05, 3.63) is 11.6 Å². The van der Waals surface area contributed by atoms with Gasteiger partial charge in [-0.1, -0.05) is 0 Å². The largest absolute Gasteiger partial charge is 0.444 e. The molecule has 7 nitrogen and oxygen atoms in total. The maximum absolute atomic E-state index is 11.8. The number of hydrogen-bond donors (Lipinski definition) is 3. The Morgan fingerprint density at radius 1 is 1.41 bits per heavy atom. The molecule has 0 saturated carbocycles. The molecule has 8 heteroatoms. The van der Waals surface area contributed by atoms with E-state index in [4.69, 9.17) is 10.5 Å². The summed E-state index contributed by atoms with van der Waals surface area (Å²) in [5, 5.41) is 7.66. The number of nitrogens with zero attached hydrogens (tertiary/aromatic N) is 1. The van der Waals surface area contributed by atoms with Gasteiger partial charge in [0.15, 0.2) is 5.13 Å². The summed E-state index contributed by atoms with van der Waals surface area (Å²) in [7, 11) is 0. The van der Waals surface area contributed by atoms with Crippen molar-refractivity contribution in [2.45, 2.75) is 51.7 Å². The highest BCUT2D eigenvalue weighted by Crippen LogP contribution is 2.11. The van der Waals surface area contributed by atoms with Gasteiger partial charge in [0, 0.05) is 18.1 Å². The van der Waals surface area contributed by atoms with Gasteiger partial charge in [-0.3, -0.25) is 4.79 Å². The summed E-state index contributed by atoms with van der Waals surface area (Å²) in [6.07, 6.45) is 3.21. The first-order chi connectivity index (χ1) is 10.3. The molecule has 0 spiro atoms. The third-order valence-electron chi connectivity index (χ3n) is 2.61. The number of carbonyl (C=O) groups excluding carboxylic acids is 2. The van der Waals surface area contributed by atoms with Crippen LogP contribution >= 0.6 is 11.3 Å². The summed E-state index contributed by atoms with van der Waals surface area (Å²) >= 11 is 1.35. The Morgan fingerprint density at radius 2 is 2.14 bits per heavy atom. The molecule has 22 heavy (non-hydrogen) atoms. The van der Waals surface area contributed by atoms with Crippen LogP contribution < -0.4 is 16.4 Å². The van der Waals surface area contributed by atoms with Crippen LogP contribution in [0.2, 0.25) is 0 Å². The van der Waals surface area contributed by atoms with Crippen molar-refractivity contribution < 1.29 is 14.3 Å². The SMILES string of the molecule is CC(C)(C)OC(=O)NCCCC[C@H](N)C(=O)Nc1nccs1. The molecule has 1 atom stereocenters. The fraction of sp³-hybridized carbons (Fsp3) is 0.643. The number of aromatic nitrogens is 1. The molecular formula is C14H24N4O3S. The van der Waals surface area contributed by atoms with Crippen LogP contribution in [0.25, 0.3) is 0 Å². The average molecular weight is 328 g/mol. The lowest BCUT2D eigenvalue weighted by atomic mass is 10.1. The summed E-state index contributed by atoms with van der Waals surface area (Å²) in [5.41, 5.74) is 5.31. The highest BCUT2D eigenvalue weighted by molar-refractivity contribution is 7.13. The van der Waals surface area contributed by atoms with E-state index < -0.39 is 17.7 Å². The summed E-state index contributed by atoms with van der Waals surface area (Å²) in [6, 6.07) is -0.578. The molecule has 124 valence electrons. The van der Waals surface area contributed by atoms with Crippen LogP contribution in [0.5, 0.6) is 0 Å². The Bertz CT molecular complexity index is 471. The lowest BCUT2D eigenvalue weighted by Crippen LogP contribution is -2.36.